The molecule has 2 aromatic carbocycles. The van der Waals surface area contributed by atoms with Gasteiger partial charge in [-0.1, -0.05) is 23.7 Å². The summed E-state index contributed by atoms with van der Waals surface area (Å²) < 4.78 is 43.5. The molecule has 236 valence electrons. The zero-order valence-corrected chi connectivity index (χ0v) is 24.9. The highest BCUT2D eigenvalue weighted by Gasteiger charge is 2.45. The monoisotopic (exact) mass is 643 g/mol. The predicted octanol–water partition coefficient (Wildman–Crippen LogP) is 4.43. The van der Waals surface area contributed by atoms with E-state index in [1.54, 1.807) is 46.2 Å². The van der Waals surface area contributed by atoms with E-state index in [9.17, 15) is 27.6 Å². The molecule has 3 fully saturated rings. The summed E-state index contributed by atoms with van der Waals surface area (Å²) >= 11 is 6.02. The van der Waals surface area contributed by atoms with Crippen molar-refractivity contribution >= 4 is 46.8 Å². The van der Waals surface area contributed by atoms with Crippen LogP contribution in [-0.4, -0.2) is 81.3 Å². The minimum absolute atomic E-state index is 0.0343. The highest BCUT2D eigenvalue weighted by atomic mass is 35.5. The van der Waals surface area contributed by atoms with Crippen LogP contribution in [0.2, 0.25) is 5.02 Å². The van der Waals surface area contributed by atoms with Crippen LogP contribution in [0.5, 0.6) is 6.01 Å². The van der Waals surface area contributed by atoms with Gasteiger partial charge in [-0.15, -0.1) is 0 Å². The first-order valence-electron chi connectivity index (χ1n) is 14.3. The first-order valence-corrected chi connectivity index (χ1v) is 14.7. The number of alkyl halides is 3. The number of amides is 2. The number of fused-ring (bicyclic) bond motifs is 1. The van der Waals surface area contributed by atoms with Gasteiger partial charge in [0.25, 0.3) is 11.8 Å². The number of anilines is 3. The van der Waals surface area contributed by atoms with Gasteiger partial charge >= 0.3 is 12.2 Å². The van der Waals surface area contributed by atoms with E-state index < -0.39 is 36.0 Å². The van der Waals surface area contributed by atoms with Crippen molar-refractivity contribution in [1.82, 2.24) is 24.8 Å². The number of rotatable bonds is 9. The van der Waals surface area contributed by atoms with Gasteiger partial charge < -0.3 is 25.2 Å². The standard InChI is InChI=1S/C30H29ClF3N7O4/c1-17(42)24(43)40-12-19-14-41(15-20(19)13-40)25(44)18-2-8-23(9-3-18)35-26-36-27(38-28(37-26)45-16-30(32,33)34)39-29(10-11-29)21-4-6-22(31)7-5-21/h2-9,19-20H,10-16H2,1H3,(H2,35,36,37,38,39). The second kappa shape index (κ2) is 11.8. The molecular formula is C30H29ClF3N7O4. The molecule has 0 radical (unpaired) electrons. The predicted molar refractivity (Wildman–Crippen MR) is 157 cm³/mol. The molecule has 1 aliphatic carbocycles. The summed E-state index contributed by atoms with van der Waals surface area (Å²) in [6.07, 6.45) is -3.08. The first kappa shape index (κ1) is 30.6. The third-order valence-electron chi connectivity index (χ3n) is 8.23. The normalized spacial score (nSPS) is 20.0. The van der Waals surface area contributed by atoms with Gasteiger partial charge in [-0.3, -0.25) is 14.4 Å². The lowest BCUT2D eigenvalue weighted by atomic mass is 10.0. The number of ketones is 1. The van der Waals surface area contributed by atoms with Crippen LogP contribution in [0.4, 0.5) is 30.8 Å². The average Bonchev–Trinajstić information content (AvgIpc) is 3.49. The summed E-state index contributed by atoms with van der Waals surface area (Å²) in [5.41, 5.74) is 1.37. The van der Waals surface area contributed by atoms with Crippen molar-refractivity contribution in [3.05, 3.63) is 64.7 Å². The topological polar surface area (TPSA) is 130 Å². The van der Waals surface area contributed by atoms with Crippen molar-refractivity contribution in [1.29, 1.82) is 0 Å². The van der Waals surface area contributed by atoms with Crippen molar-refractivity contribution in [3.63, 3.8) is 0 Å². The van der Waals surface area contributed by atoms with E-state index >= 15 is 0 Å². The fraction of sp³-hybridized carbons (Fsp3) is 0.400. The van der Waals surface area contributed by atoms with Crippen LogP contribution in [0.15, 0.2) is 48.5 Å². The van der Waals surface area contributed by atoms with Crippen molar-refractivity contribution in [2.24, 2.45) is 11.8 Å². The lowest BCUT2D eigenvalue weighted by Crippen LogP contribution is -2.37. The molecule has 3 heterocycles. The highest BCUT2D eigenvalue weighted by molar-refractivity contribution is 6.35. The summed E-state index contributed by atoms with van der Waals surface area (Å²) in [6.45, 7) is 1.57. The van der Waals surface area contributed by atoms with Crippen LogP contribution in [-0.2, 0) is 15.1 Å². The van der Waals surface area contributed by atoms with E-state index in [1.807, 2.05) is 12.1 Å². The van der Waals surface area contributed by atoms with Crippen molar-refractivity contribution in [2.45, 2.75) is 31.5 Å². The SMILES string of the molecule is CC(=O)C(=O)N1CC2CN(C(=O)c3ccc(Nc4nc(NC5(c6ccc(Cl)cc6)CC5)nc(OCC(F)(F)F)n4)cc3)CC2C1. The van der Waals surface area contributed by atoms with Gasteiger partial charge in [0, 0.05) is 61.2 Å². The number of carbonyl (C=O) groups excluding carboxylic acids is 3. The average molecular weight is 644 g/mol. The van der Waals surface area contributed by atoms with Gasteiger partial charge in [0.2, 0.25) is 17.7 Å². The van der Waals surface area contributed by atoms with Crippen LogP contribution in [0, 0.1) is 11.8 Å². The number of halogens is 4. The number of carbonyl (C=O) groups is 3. The van der Waals surface area contributed by atoms with E-state index in [-0.39, 0.29) is 29.6 Å². The Morgan fingerprint density at radius 1 is 0.911 bits per heavy atom. The van der Waals surface area contributed by atoms with Crippen molar-refractivity contribution in [3.8, 4) is 6.01 Å². The summed E-state index contributed by atoms with van der Waals surface area (Å²) in [5, 5.41) is 6.76. The molecule has 15 heteroatoms. The number of aromatic nitrogens is 3. The van der Waals surface area contributed by atoms with Gasteiger partial charge in [-0.25, -0.2) is 0 Å². The Hall–Kier alpha value is -4.46. The number of Topliss-reactive ketones (excluding diaryl/α,β-unsaturated/α-hetero) is 1. The number of hydrogen-bond acceptors (Lipinski definition) is 9. The number of ether oxygens (including phenoxy) is 1. The zero-order chi connectivity index (χ0) is 31.9. The van der Waals surface area contributed by atoms with Crippen LogP contribution < -0.4 is 15.4 Å². The molecular weight excluding hydrogens is 615 g/mol. The Kier molecular flexibility index (Phi) is 8.02. The summed E-state index contributed by atoms with van der Waals surface area (Å²) in [6, 6.07) is 13.3. The maximum atomic E-state index is 13.2. The molecule has 3 aromatic rings. The van der Waals surface area contributed by atoms with E-state index in [4.69, 9.17) is 16.3 Å². The highest BCUT2D eigenvalue weighted by Crippen LogP contribution is 2.48. The second-order valence-corrected chi connectivity index (χ2v) is 12.0. The molecule has 3 aliphatic rings. The second-order valence-electron chi connectivity index (χ2n) is 11.6. The molecule has 0 spiro atoms. The molecule has 2 amide bonds. The Morgan fingerprint density at radius 2 is 1.51 bits per heavy atom. The first-order chi connectivity index (χ1) is 21.4. The van der Waals surface area contributed by atoms with Crippen LogP contribution in [0.3, 0.4) is 0 Å². The Morgan fingerprint density at radius 3 is 2.09 bits per heavy atom. The fourth-order valence-electron chi connectivity index (χ4n) is 5.83. The minimum Gasteiger partial charge on any atom is -0.454 e. The summed E-state index contributed by atoms with van der Waals surface area (Å²) in [4.78, 5) is 52.4. The third-order valence-corrected chi connectivity index (χ3v) is 8.48. The van der Waals surface area contributed by atoms with E-state index in [1.165, 1.54) is 6.92 Å². The Balaban J connectivity index is 1.14. The van der Waals surface area contributed by atoms with Crippen molar-refractivity contribution < 1.29 is 32.3 Å². The van der Waals surface area contributed by atoms with Gasteiger partial charge in [0.05, 0.1) is 5.54 Å². The summed E-state index contributed by atoms with van der Waals surface area (Å²) in [5.74, 6) is -0.914. The van der Waals surface area contributed by atoms with E-state index in [0.29, 0.717) is 42.5 Å². The lowest BCUT2D eigenvalue weighted by Gasteiger charge is -2.21. The minimum atomic E-state index is -4.59. The van der Waals surface area contributed by atoms with Crippen LogP contribution >= 0.6 is 11.6 Å². The zero-order valence-electron chi connectivity index (χ0n) is 24.1. The summed E-state index contributed by atoms with van der Waals surface area (Å²) in [7, 11) is 0. The molecule has 1 aromatic heterocycles. The maximum absolute atomic E-state index is 13.2. The molecule has 2 aliphatic heterocycles. The molecule has 2 atom stereocenters. The van der Waals surface area contributed by atoms with Crippen molar-refractivity contribution in [2.75, 3.05) is 43.4 Å². The smallest absolute Gasteiger partial charge is 0.422 e. The van der Waals surface area contributed by atoms with E-state index in [0.717, 1.165) is 18.4 Å². The number of nitrogens with zero attached hydrogens (tertiary/aromatic N) is 5. The number of nitrogens with one attached hydrogen (secondary N) is 2. The van der Waals surface area contributed by atoms with Crippen LogP contribution in [0.25, 0.3) is 0 Å². The molecule has 2 N–H and O–H groups in total. The van der Waals surface area contributed by atoms with Crippen LogP contribution in [0.1, 0.15) is 35.7 Å². The Labute approximate surface area is 261 Å². The van der Waals surface area contributed by atoms with Gasteiger partial charge in [-0.05, 0) is 54.8 Å². The number of benzene rings is 2. The van der Waals surface area contributed by atoms with Gasteiger partial charge in [0.1, 0.15) is 0 Å². The molecule has 1 saturated carbocycles. The van der Waals surface area contributed by atoms with Gasteiger partial charge in [0.15, 0.2) is 6.61 Å². The molecule has 0 bridgehead atoms. The third kappa shape index (κ3) is 6.95. The fourth-order valence-corrected chi connectivity index (χ4v) is 5.95. The Bertz CT molecular complexity index is 1600. The molecule has 11 nitrogen and oxygen atoms in total. The largest absolute Gasteiger partial charge is 0.454 e. The molecule has 45 heavy (non-hydrogen) atoms. The number of likely N-dealkylation sites (tertiary alicyclic amines) is 2. The van der Waals surface area contributed by atoms with E-state index in [2.05, 4.69) is 25.6 Å². The molecule has 2 saturated heterocycles. The lowest BCUT2D eigenvalue weighted by molar-refractivity contribution is -0.154. The number of hydrogen-bond donors (Lipinski definition) is 2. The quantitative estimate of drug-likeness (QED) is 0.325. The molecule has 2 unspecified atom stereocenters. The maximum Gasteiger partial charge on any atom is 0.422 e. The molecule has 6 rings (SSSR count). The van der Waals surface area contributed by atoms with Gasteiger partial charge in [-0.2, -0.15) is 28.1 Å².